The highest BCUT2D eigenvalue weighted by Crippen LogP contribution is 2.29. The van der Waals surface area contributed by atoms with Gasteiger partial charge in [-0.1, -0.05) is 18.2 Å². The molecule has 204 valence electrons. The molecule has 0 aliphatic carbocycles. The average Bonchev–Trinajstić information content (AvgIpc) is 2.95. The van der Waals surface area contributed by atoms with Crippen molar-refractivity contribution in [3.63, 3.8) is 0 Å². The molecule has 3 heterocycles. The molecule has 9 nitrogen and oxygen atoms in total. The third kappa shape index (κ3) is 4.84. The number of carbonyl (C=O) groups is 1. The van der Waals surface area contributed by atoms with E-state index in [1.165, 1.54) is 0 Å². The van der Waals surface area contributed by atoms with Crippen LogP contribution in [0.4, 0.5) is 17.2 Å². The fourth-order valence-electron chi connectivity index (χ4n) is 5.46. The number of carboxylic acids is 1. The monoisotopic (exact) mass is 536 g/mol. The molecule has 1 atom stereocenters. The van der Waals surface area contributed by atoms with Gasteiger partial charge in [0.05, 0.1) is 28.8 Å². The zero-order valence-electron chi connectivity index (χ0n) is 23.1. The van der Waals surface area contributed by atoms with Crippen LogP contribution in [-0.2, 0) is 0 Å². The van der Waals surface area contributed by atoms with E-state index in [9.17, 15) is 20.0 Å². The predicted molar refractivity (Wildman–Crippen MR) is 157 cm³/mol. The fraction of sp³-hybridized carbons (Fsp3) is 0.290. The average molecular weight is 537 g/mol. The summed E-state index contributed by atoms with van der Waals surface area (Å²) in [4.78, 5) is 34.8. The van der Waals surface area contributed by atoms with Crippen LogP contribution in [0.2, 0.25) is 0 Å². The molecule has 0 bridgehead atoms. The highest BCUT2D eigenvalue weighted by atomic mass is 16.4. The van der Waals surface area contributed by atoms with Gasteiger partial charge >= 0.3 is 5.97 Å². The van der Waals surface area contributed by atoms with Crippen molar-refractivity contribution >= 4 is 28.8 Å². The minimum Gasteiger partial charge on any atom is -0.478 e. The van der Waals surface area contributed by atoms with Gasteiger partial charge in [0.2, 0.25) is 0 Å². The number of rotatable bonds is 6. The number of hydrogen-bond donors (Lipinski definition) is 2. The molecule has 0 amide bonds. The Morgan fingerprint density at radius 1 is 1.02 bits per heavy atom. The molecule has 40 heavy (non-hydrogen) atoms. The topological polar surface area (TPSA) is 114 Å². The van der Waals surface area contributed by atoms with Crippen molar-refractivity contribution in [3.8, 4) is 6.07 Å². The normalized spacial score (nSPS) is 14.2. The van der Waals surface area contributed by atoms with Crippen molar-refractivity contribution in [2.45, 2.75) is 33.7 Å². The van der Waals surface area contributed by atoms with E-state index in [4.69, 9.17) is 4.98 Å². The Labute approximate surface area is 232 Å². The van der Waals surface area contributed by atoms with E-state index in [0.717, 1.165) is 35.5 Å². The van der Waals surface area contributed by atoms with Crippen LogP contribution in [0.5, 0.6) is 0 Å². The Kier molecular flexibility index (Phi) is 7.18. The molecule has 0 spiro atoms. The predicted octanol–water partition coefficient (Wildman–Crippen LogP) is 4.69. The maximum atomic E-state index is 13.6. The van der Waals surface area contributed by atoms with E-state index < -0.39 is 5.97 Å². The molecule has 1 aliphatic rings. The van der Waals surface area contributed by atoms with Gasteiger partial charge in [-0.15, -0.1) is 0 Å². The minimum atomic E-state index is -1.01. The van der Waals surface area contributed by atoms with Gasteiger partial charge in [0, 0.05) is 49.3 Å². The largest absolute Gasteiger partial charge is 0.478 e. The van der Waals surface area contributed by atoms with E-state index in [1.807, 2.05) is 52.0 Å². The Hall–Kier alpha value is -4.84. The third-order valence-electron chi connectivity index (χ3n) is 7.63. The zero-order chi connectivity index (χ0) is 28.6. The number of aromatic nitrogens is 2. The number of pyridine rings is 1. The lowest BCUT2D eigenvalue weighted by atomic mass is 10.1. The van der Waals surface area contributed by atoms with E-state index >= 15 is 0 Å². The molecule has 5 rings (SSSR count). The lowest BCUT2D eigenvalue weighted by Gasteiger charge is -2.38. The molecule has 1 saturated heterocycles. The number of aryl methyl sites for hydroxylation is 1. The summed E-state index contributed by atoms with van der Waals surface area (Å²) in [5, 5.41) is 22.4. The van der Waals surface area contributed by atoms with Gasteiger partial charge in [0.1, 0.15) is 11.5 Å². The van der Waals surface area contributed by atoms with Crippen LogP contribution in [0.3, 0.4) is 0 Å². The number of anilines is 3. The van der Waals surface area contributed by atoms with Crippen LogP contribution in [0.25, 0.3) is 5.65 Å². The summed E-state index contributed by atoms with van der Waals surface area (Å²) in [5.41, 5.74) is 6.11. The van der Waals surface area contributed by atoms with Gasteiger partial charge in [0.25, 0.3) is 5.56 Å². The molecule has 0 saturated carbocycles. The highest BCUT2D eigenvalue weighted by molar-refractivity contribution is 5.94. The molecule has 9 heteroatoms. The second kappa shape index (κ2) is 10.7. The first kappa shape index (κ1) is 26.8. The standard InChI is InChI=1S/C31H32N6O3/c1-19-16-25(22(4)33-26-10-6-5-9-24(26)31(39)40)29-34-28(21(3)30(38)37(29)18-19)36-14-12-35(13-15-36)27-11-7-8-23(17-32)20(27)2/h5-11,16,18,22,33H,12-15H2,1-4H3,(H,39,40)/t22-/m1/s1. The van der Waals surface area contributed by atoms with E-state index in [-0.39, 0.29) is 17.2 Å². The summed E-state index contributed by atoms with van der Waals surface area (Å²) in [6.45, 7) is 10.5. The Morgan fingerprint density at radius 3 is 2.42 bits per heavy atom. The van der Waals surface area contributed by atoms with Crippen molar-refractivity contribution in [1.29, 1.82) is 5.26 Å². The van der Waals surface area contributed by atoms with Crippen LogP contribution >= 0.6 is 0 Å². The number of nitriles is 1. The molecule has 0 radical (unpaired) electrons. The highest BCUT2D eigenvalue weighted by Gasteiger charge is 2.24. The van der Waals surface area contributed by atoms with Crippen LogP contribution in [0.1, 0.15) is 51.1 Å². The number of fused-ring (bicyclic) bond motifs is 1. The summed E-state index contributed by atoms with van der Waals surface area (Å²) >= 11 is 0. The molecule has 2 N–H and O–H groups in total. The first-order valence-corrected chi connectivity index (χ1v) is 13.3. The van der Waals surface area contributed by atoms with Crippen LogP contribution in [-0.4, -0.2) is 46.6 Å². The molecule has 1 fully saturated rings. The lowest BCUT2D eigenvalue weighted by Crippen LogP contribution is -2.47. The minimum absolute atomic E-state index is 0.122. The summed E-state index contributed by atoms with van der Waals surface area (Å²) < 4.78 is 1.60. The molecule has 4 aromatic rings. The maximum absolute atomic E-state index is 13.6. The number of nitrogens with one attached hydrogen (secondary N) is 1. The first-order chi connectivity index (χ1) is 19.2. The van der Waals surface area contributed by atoms with Gasteiger partial charge in [0.15, 0.2) is 0 Å². The van der Waals surface area contributed by atoms with Crippen molar-refractivity contribution in [2.75, 3.05) is 41.3 Å². The molecule has 2 aromatic carbocycles. The number of nitrogens with zero attached hydrogens (tertiary/aromatic N) is 5. The van der Waals surface area contributed by atoms with Crippen molar-refractivity contribution in [3.05, 3.63) is 98.5 Å². The van der Waals surface area contributed by atoms with Crippen molar-refractivity contribution in [1.82, 2.24) is 9.38 Å². The SMILES string of the molecule is Cc1cc([C@@H](C)Nc2ccccc2C(=O)O)c2nc(N3CCN(c4cccc(C#N)c4C)CC3)c(C)c(=O)n2c1. The van der Waals surface area contributed by atoms with Crippen LogP contribution < -0.4 is 20.7 Å². The number of para-hydroxylation sites is 1. The molecular weight excluding hydrogens is 504 g/mol. The summed E-state index contributed by atoms with van der Waals surface area (Å²) in [7, 11) is 0. The van der Waals surface area contributed by atoms with E-state index in [1.54, 1.807) is 34.9 Å². The van der Waals surface area contributed by atoms with Gasteiger partial charge in [-0.2, -0.15) is 5.26 Å². The summed E-state index contributed by atoms with van der Waals surface area (Å²) in [5.74, 6) is -0.347. The summed E-state index contributed by atoms with van der Waals surface area (Å²) in [6, 6.07) is 16.5. The van der Waals surface area contributed by atoms with Gasteiger partial charge in [-0.3, -0.25) is 9.20 Å². The number of carboxylic acid groups (broad SMARTS) is 1. The third-order valence-corrected chi connectivity index (χ3v) is 7.63. The zero-order valence-corrected chi connectivity index (χ0v) is 23.1. The first-order valence-electron chi connectivity index (χ1n) is 13.3. The summed E-state index contributed by atoms with van der Waals surface area (Å²) in [6.07, 6.45) is 1.80. The number of aromatic carboxylic acids is 1. The van der Waals surface area contributed by atoms with E-state index in [0.29, 0.717) is 41.4 Å². The Bertz CT molecular complexity index is 1710. The quantitative estimate of drug-likeness (QED) is 0.365. The van der Waals surface area contributed by atoms with Crippen LogP contribution in [0.15, 0.2) is 59.5 Å². The number of hydrogen-bond acceptors (Lipinski definition) is 7. The Morgan fingerprint density at radius 2 is 1.73 bits per heavy atom. The number of benzene rings is 2. The second-order valence-corrected chi connectivity index (χ2v) is 10.3. The lowest BCUT2D eigenvalue weighted by molar-refractivity contribution is 0.0698. The maximum Gasteiger partial charge on any atom is 0.337 e. The molecular formula is C31H32N6O3. The smallest absolute Gasteiger partial charge is 0.337 e. The van der Waals surface area contributed by atoms with E-state index in [2.05, 4.69) is 21.2 Å². The van der Waals surface area contributed by atoms with Gasteiger partial charge < -0.3 is 20.2 Å². The molecule has 1 aliphatic heterocycles. The second-order valence-electron chi connectivity index (χ2n) is 10.3. The molecule has 0 unspecified atom stereocenters. The molecule has 2 aromatic heterocycles. The van der Waals surface area contributed by atoms with Gasteiger partial charge in [-0.05, 0) is 69.2 Å². The van der Waals surface area contributed by atoms with Crippen LogP contribution in [0, 0.1) is 32.1 Å². The Balaban J connectivity index is 1.48. The number of piperazine rings is 1. The van der Waals surface area contributed by atoms with Gasteiger partial charge in [-0.25, -0.2) is 9.78 Å². The van der Waals surface area contributed by atoms with Crippen molar-refractivity contribution in [2.24, 2.45) is 0 Å². The fourth-order valence-corrected chi connectivity index (χ4v) is 5.46. The van der Waals surface area contributed by atoms with Crippen molar-refractivity contribution < 1.29 is 9.90 Å².